The molecule has 1 aromatic rings. The van der Waals surface area contributed by atoms with E-state index >= 15 is 0 Å². The second-order valence-electron chi connectivity index (χ2n) is 5.21. The van der Waals surface area contributed by atoms with Crippen LogP contribution in [0.3, 0.4) is 0 Å². The smallest absolute Gasteiger partial charge is 0.307 e. The Labute approximate surface area is 113 Å². The predicted octanol–water partition coefficient (Wildman–Crippen LogP) is 2.55. The number of aryl methyl sites for hydroxylation is 1. The molecule has 1 N–H and O–H groups in total. The molecule has 0 aliphatic carbocycles. The van der Waals surface area contributed by atoms with Gasteiger partial charge in [0.05, 0.1) is 5.92 Å². The van der Waals surface area contributed by atoms with Gasteiger partial charge in [-0.3, -0.25) is 4.79 Å². The van der Waals surface area contributed by atoms with Crippen molar-refractivity contribution in [2.45, 2.75) is 25.7 Å². The Morgan fingerprint density at radius 2 is 2.11 bits per heavy atom. The molecule has 0 amide bonds. The molecule has 4 heteroatoms. The molecule has 3 nitrogen and oxygen atoms in total. The summed E-state index contributed by atoms with van der Waals surface area (Å²) in [7, 11) is 0. The summed E-state index contributed by atoms with van der Waals surface area (Å²) in [5.74, 6) is -1.09. The lowest BCUT2D eigenvalue weighted by molar-refractivity contribution is -0.143. The van der Waals surface area contributed by atoms with Crippen LogP contribution in [0.1, 0.15) is 24.8 Å². The first-order valence-electron chi connectivity index (χ1n) is 6.85. The maximum absolute atomic E-state index is 12.8. The number of carboxylic acid groups (broad SMARTS) is 1. The molecule has 0 saturated carbocycles. The molecule has 2 rings (SSSR count). The molecule has 1 unspecified atom stereocenters. The molecule has 1 aromatic carbocycles. The molecule has 1 saturated heterocycles. The van der Waals surface area contributed by atoms with Crippen LogP contribution < -0.4 is 0 Å². The van der Waals surface area contributed by atoms with E-state index in [2.05, 4.69) is 4.90 Å². The van der Waals surface area contributed by atoms with E-state index in [-0.39, 0.29) is 11.7 Å². The van der Waals surface area contributed by atoms with Crippen molar-refractivity contribution in [2.24, 2.45) is 5.92 Å². The highest BCUT2D eigenvalue weighted by Crippen LogP contribution is 2.17. The fourth-order valence-electron chi connectivity index (χ4n) is 2.62. The summed E-state index contributed by atoms with van der Waals surface area (Å²) in [4.78, 5) is 13.2. The number of benzene rings is 1. The fourth-order valence-corrected chi connectivity index (χ4v) is 2.62. The third-order valence-electron chi connectivity index (χ3n) is 3.71. The highest BCUT2D eigenvalue weighted by atomic mass is 19.1. The molecular weight excluding hydrogens is 245 g/mol. The van der Waals surface area contributed by atoms with Crippen molar-refractivity contribution < 1.29 is 14.3 Å². The Morgan fingerprint density at radius 1 is 1.37 bits per heavy atom. The fraction of sp³-hybridized carbons (Fsp3) is 0.533. The summed E-state index contributed by atoms with van der Waals surface area (Å²) < 4.78 is 12.8. The van der Waals surface area contributed by atoms with Crippen molar-refractivity contribution in [3.8, 4) is 0 Å². The number of hydrogen-bond acceptors (Lipinski definition) is 2. The molecule has 1 aliphatic rings. The monoisotopic (exact) mass is 265 g/mol. The third-order valence-corrected chi connectivity index (χ3v) is 3.71. The van der Waals surface area contributed by atoms with Crippen LogP contribution in [0, 0.1) is 11.7 Å². The van der Waals surface area contributed by atoms with E-state index < -0.39 is 5.97 Å². The van der Waals surface area contributed by atoms with Crippen molar-refractivity contribution in [1.82, 2.24) is 4.90 Å². The Kier molecular flexibility index (Phi) is 4.91. The molecule has 1 atom stereocenters. The summed E-state index contributed by atoms with van der Waals surface area (Å²) in [6.45, 7) is 2.58. The van der Waals surface area contributed by atoms with Crippen LogP contribution in [0.2, 0.25) is 0 Å². The highest BCUT2D eigenvalue weighted by Gasteiger charge is 2.24. The van der Waals surface area contributed by atoms with Gasteiger partial charge in [-0.1, -0.05) is 12.1 Å². The molecule has 1 heterocycles. The van der Waals surface area contributed by atoms with Gasteiger partial charge in [-0.2, -0.15) is 0 Å². The largest absolute Gasteiger partial charge is 0.481 e. The lowest BCUT2D eigenvalue weighted by Crippen LogP contribution is -2.39. The molecule has 0 bridgehead atoms. The minimum Gasteiger partial charge on any atom is -0.481 e. The average molecular weight is 265 g/mol. The minimum absolute atomic E-state index is 0.205. The number of piperidine rings is 1. The van der Waals surface area contributed by atoms with Gasteiger partial charge in [-0.25, -0.2) is 4.39 Å². The first-order chi connectivity index (χ1) is 9.15. The maximum Gasteiger partial charge on any atom is 0.307 e. The summed E-state index contributed by atoms with van der Waals surface area (Å²) in [5.41, 5.74) is 1.13. The van der Waals surface area contributed by atoms with Crippen molar-refractivity contribution in [2.75, 3.05) is 19.6 Å². The van der Waals surface area contributed by atoms with Crippen molar-refractivity contribution in [3.63, 3.8) is 0 Å². The Morgan fingerprint density at radius 3 is 2.79 bits per heavy atom. The molecule has 0 radical (unpaired) electrons. The Hall–Kier alpha value is -1.42. The van der Waals surface area contributed by atoms with Crippen LogP contribution in [0.5, 0.6) is 0 Å². The number of aliphatic carboxylic acids is 1. The van der Waals surface area contributed by atoms with Crippen LogP contribution in [0.4, 0.5) is 4.39 Å². The lowest BCUT2D eigenvalue weighted by Gasteiger charge is -2.30. The molecule has 1 fully saturated rings. The van der Waals surface area contributed by atoms with E-state index in [1.165, 1.54) is 12.1 Å². The van der Waals surface area contributed by atoms with Gasteiger partial charge in [0, 0.05) is 6.54 Å². The first kappa shape index (κ1) is 14.0. The van der Waals surface area contributed by atoms with E-state index in [4.69, 9.17) is 5.11 Å². The van der Waals surface area contributed by atoms with Gasteiger partial charge in [0.1, 0.15) is 5.82 Å². The standard InChI is InChI=1S/C15H20FNO2/c16-14-7-5-12(6-8-14)3-1-9-17-10-2-4-13(11-17)15(18)19/h5-8,13H,1-4,9-11H2,(H,18,19). The minimum atomic E-state index is -0.678. The third kappa shape index (κ3) is 4.31. The second-order valence-corrected chi connectivity index (χ2v) is 5.21. The number of likely N-dealkylation sites (tertiary alicyclic amines) is 1. The Bertz CT molecular complexity index is 419. The van der Waals surface area contributed by atoms with Gasteiger partial charge in [0.15, 0.2) is 0 Å². The van der Waals surface area contributed by atoms with Crippen molar-refractivity contribution in [1.29, 1.82) is 0 Å². The van der Waals surface area contributed by atoms with E-state index in [0.717, 1.165) is 44.3 Å². The topological polar surface area (TPSA) is 40.5 Å². The first-order valence-corrected chi connectivity index (χ1v) is 6.85. The summed E-state index contributed by atoms with van der Waals surface area (Å²) in [5, 5.41) is 9.02. The summed E-state index contributed by atoms with van der Waals surface area (Å²) >= 11 is 0. The zero-order chi connectivity index (χ0) is 13.7. The van der Waals surface area contributed by atoms with E-state index in [1.807, 2.05) is 12.1 Å². The van der Waals surface area contributed by atoms with Crippen molar-refractivity contribution >= 4 is 5.97 Å². The molecule has 104 valence electrons. The van der Waals surface area contributed by atoms with Crippen LogP contribution in [-0.2, 0) is 11.2 Å². The zero-order valence-electron chi connectivity index (χ0n) is 11.0. The lowest BCUT2D eigenvalue weighted by atomic mass is 9.98. The molecule has 0 spiro atoms. The summed E-state index contributed by atoms with van der Waals surface area (Å²) in [6, 6.07) is 6.59. The number of carbonyl (C=O) groups is 1. The van der Waals surface area contributed by atoms with E-state index in [9.17, 15) is 9.18 Å². The number of rotatable bonds is 5. The van der Waals surface area contributed by atoms with Crippen molar-refractivity contribution in [3.05, 3.63) is 35.6 Å². The number of halogens is 1. The predicted molar refractivity (Wildman–Crippen MR) is 71.5 cm³/mol. The molecule has 0 aromatic heterocycles. The Balaban J connectivity index is 1.73. The van der Waals surface area contributed by atoms with E-state index in [1.54, 1.807) is 0 Å². The second kappa shape index (κ2) is 6.66. The van der Waals surface area contributed by atoms with Gasteiger partial charge >= 0.3 is 5.97 Å². The summed E-state index contributed by atoms with van der Waals surface area (Å²) in [6.07, 6.45) is 3.66. The average Bonchev–Trinajstić information content (AvgIpc) is 2.41. The number of hydrogen-bond donors (Lipinski definition) is 1. The molecule has 19 heavy (non-hydrogen) atoms. The number of carboxylic acids is 1. The normalized spacial score (nSPS) is 20.4. The van der Waals surface area contributed by atoms with Crippen LogP contribution in [0.15, 0.2) is 24.3 Å². The molecular formula is C15H20FNO2. The van der Waals surface area contributed by atoms with Gasteiger partial charge in [0.2, 0.25) is 0 Å². The van der Waals surface area contributed by atoms with E-state index in [0.29, 0.717) is 6.54 Å². The SMILES string of the molecule is O=C(O)C1CCCN(CCCc2ccc(F)cc2)C1. The van der Waals surface area contributed by atoms with Gasteiger partial charge in [0.25, 0.3) is 0 Å². The van der Waals surface area contributed by atoms with Gasteiger partial charge in [-0.05, 0) is 56.5 Å². The number of nitrogens with zero attached hydrogens (tertiary/aromatic N) is 1. The highest BCUT2D eigenvalue weighted by molar-refractivity contribution is 5.70. The van der Waals surface area contributed by atoms with Crippen LogP contribution >= 0.6 is 0 Å². The zero-order valence-corrected chi connectivity index (χ0v) is 11.0. The van der Waals surface area contributed by atoms with Crippen LogP contribution in [-0.4, -0.2) is 35.6 Å². The van der Waals surface area contributed by atoms with Crippen LogP contribution in [0.25, 0.3) is 0 Å². The van der Waals surface area contributed by atoms with Gasteiger partial charge in [-0.15, -0.1) is 0 Å². The van der Waals surface area contributed by atoms with Gasteiger partial charge < -0.3 is 10.0 Å². The maximum atomic E-state index is 12.8. The molecule has 1 aliphatic heterocycles. The quantitative estimate of drug-likeness (QED) is 0.889.